The van der Waals surface area contributed by atoms with E-state index in [2.05, 4.69) is 4.90 Å². The summed E-state index contributed by atoms with van der Waals surface area (Å²) in [5.74, 6) is 0.241. The Balaban J connectivity index is 1.89. The zero-order chi connectivity index (χ0) is 15.4. The molecule has 7 nitrogen and oxygen atoms in total. The molecule has 1 heterocycles. The molecule has 0 aromatic heterocycles. The number of hydrogen-bond donors (Lipinski definition) is 0. The largest absolute Gasteiger partial charge is 0.484 e. The van der Waals surface area contributed by atoms with E-state index in [4.69, 9.17) is 16.3 Å². The van der Waals surface area contributed by atoms with Crippen molar-refractivity contribution < 1.29 is 14.5 Å². The average molecular weight is 314 g/mol. The zero-order valence-corrected chi connectivity index (χ0v) is 12.4. The van der Waals surface area contributed by atoms with Gasteiger partial charge in [-0.1, -0.05) is 11.6 Å². The number of rotatable bonds is 4. The van der Waals surface area contributed by atoms with E-state index in [9.17, 15) is 14.9 Å². The SMILES string of the molecule is CN1CCN(C(=O)COc2ccc([N+](=O)[O-])c(Cl)c2)CC1. The summed E-state index contributed by atoms with van der Waals surface area (Å²) < 4.78 is 5.35. The lowest BCUT2D eigenvalue weighted by Crippen LogP contribution is -2.48. The van der Waals surface area contributed by atoms with Crippen molar-refractivity contribution in [2.75, 3.05) is 39.8 Å². The first-order chi connectivity index (χ1) is 9.97. The van der Waals surface area contributed by atoms with Crippen LogP contribution in [0.5, 0.6) is 5.75 Å². The van der Waals surface area contributed by atoms with Crippen LogP contribution < -0.4 is 4.74 Å². The second kappa shape index (κ2) is 6.73. The standard InChI is InChI=1S/C13H16ClN3O4/c1-15-4-6-16(7-5-15)13(18)9-21-10-2-3-12(17(19)20)11(14)8-10/h2-3,8H,4-7,9H2,1H3. The van der Waals surface area contributed by atoms with Gasteiger partial charge in [-0.2, -0.15) is 0 Å². The van der Waals surface area contributed by atoms with Crippen LogP contribution in [0.15, 0.2) is 18.2 Å². The summed E-state index contributed by atoms with van der Waals surface area (Å²) in [4.78, 5) is 26.0. The van der Waals surface area contributed by atoms with Crippen molar-refractivity contribution in [3.63, 3.8) is 0 Å². The van der Waals surface area contributed by atoms with Gasteiger partial charge in [-0.25, -0.2) is 0 Å². The number of amides is 1. The third kappa shape index (κ3) is 4.05. The first kappa shape index (κ1) is 15.5. The normalized spacial score (nSPS) is 15.8. The first-order valence-electron chi connectivity index (χ1n) is 6.50. The molecule has 1 amide bonds. The third-order valence-corrected chi connectivity index (χ3v) is 3.64. The van der Waals surface area contributed by atoms with Crippen LogP contribution in [-0.2, 0) is 4.79 Å². The lowest BCUT2D eigenvalue weighted by atomic mass is 10.3. The lowest BCUT2D eigenvalue weighted by molar-refractivity contribution is -0.384. The Morgan fingerprint density at radius 2 is 2.05 bits per heavy atom. The summed E-state index contributed by atoms with van der Waals surface area (Å²) in [7, 11) is 2.01. The Morgan fingerprint density at radius 3 is 2.62 bits per heavy atom. The van der Waals surface area contributed by atoms with E-state index in [-0.39, 0.29) is 23.2 Å². The fourth-order valence-electron chi connectivity index (χ4n) is 2.02. The molecule has 0 N–H and O–H groups in total. The average Bonchev–Trinajstić information content (AvgIpc) is 2.45. The number of piperazine rings is 1. The molecule has 0 bridgehead atoms. The molecule has 8 heteroatoms. The number of nitrogens with zero attached hydrogens (tertiary/aromatic N) is 3. The van der Waals surface area contributed by atoms with E-state index in [0.29, 0.717) is 18.8 Å². The maximum atomic E-state index is 12.0. The number of nitro groups is 1. The Labute approximate surface area is 127 Å². The summed E-state index contributed by atoms with van der Waals surface area (Å²) >= 11 is 5.78. The minimum atomic E-state index is -0.568. The van der Waals surface area contributed by atoms with E-state index in [0.717, 1.165) is 13.1 Å². The summed E-state index contributed by atoms with van der Waals surface area (Å²) in [5, 5.41) is 10.6. The van der Waals surface area contributed by atoms with E-state index < -0.39 is 4.92 Å². The van der Waals surface area contributed by atoms with Gasteiger partial charge in [-0.15, -0.1) is 0 Å². The predicted molar refractivity (Wildman–Crippen MR) is 77.7 cm³/mol. The van der Waals surface area contributed by atoms with E-state index in [1.165, 1.54) is 18.2 Å². The van der Waals surface area contributed by atoms with E-state index >= 15 is 0 Å². The highest BCUT2D eigenvalue weighted by Gasteiger charge is 2.19. The summed E-state index contributed by atoms with van der Waals surface area (Å²) in [5.41, 5.74) is -0.186. The molecule has 0 aliphatic carbocycles. The fourth-order valence-corrected chi connectivity index (χ4v) is 2.26. The van der Waals surface area contributed by atoms with Crippen LogP contribution in [0, 0.1) is 10.1 Å². The van der Waals surface area contributed by atoms with Gasteiger partial charge < -0.3 is 14.5 Å². The number of halogens is 1. The van der Waals surface area contributed by atoms with Crippen molar-refractivity contribution in [3.8, 4) is 5.75 Å². The van der Waals surface area contributed by atoms with Crippen LogP contribution >= 0.6 is 11.6 Å². The number of likely N-dealkylation sites (N-methyl/N-ethyl adjacent to an activating group) is 1. The summed E-state index contributed by atoms with van der Waals surface area (Å²) in [6.07, 6.45) is 0. The van der Waals surface area contributed by atoms with Crippen molar-refractivity contribution in [2.24, 2.45) is 0 Å². The highest BCUT2D eigenvalue weighted by atomic mass is 35.5. The van der Waals surface area contributed by atoms with Crippen molar-refractivity contribution >= 4 is 23.2 Å². The van der Waals surface area contributed by atoms with Crippen LogP contribution in [0.4, 0.5) is 5.69 Å². The Bertz CT molecular complexity index is 544. The van der Waals surface area contributed by atoms with Gasteiger partial charge in [0.1, 0.15) is 10.8 Å². The van der Waals surface area contributed by atoms with E-state index in [1.807, 2.05) is 7.05 Å². The van der Waals surface area contributed by atoms with Crippen LogP contribution in [0.1, 0.15) is 0 Å². The molecule has 0 saturated carbocycles. The number of carbonyl (C=O) groups is 1. The number of hydrogen-bond acceptors (Lipinski definition) is 5. The third-order valence-electron chi connectivity index (χ3n) is 3.33. The molecular weight excluding hydrogens is 298 g/mol. The second-order valence-corrected chi connectivity index (χ2v) is 5.25. The molecule has 1 saturated heterocycles. The molecule has 0 spiro atoms. The van der Waals surface area contributed by atoms with Crippen molar-refractivity contribution in [3.05, 3.63) is 33.3 Å². The molecule has 1 aromatic rings. The number of nitro benzene ring substituents is 1. The van der Waals surface area contributed by atoms with Crippen LogP contribution in [-0.4, -0.2) is 60.5 Å². The van der Waals surface area contributed by atoms with Crippen LogP contribution in [0.3, 0.4) is 0 Å². The molecule has 1 aliphatic rings. The van der Waals surface area contributed by atoms with Gasteiger partial charge in [-0.05, 0) is 13.1 Å². The molecule has 1 aromatic carbocycles. The van der Waals surface area contributed by atoms with Gasteiger partial charge in [0.05, 0.1) is 4.92 Å². The minimum Gasteiger partial charge on any atom is -0.484 e. The smallest absolute Gasteiger partial charge is 0.288 e. The Morgan fingerprint density at radius 1 is 1.38 bits per heavy atom. The van der Waals surface area contributed by atoms with Crippen molar-refractivity contribution in [1.29, 1.82) is 0 Å². The Kier molecular flexibility index (Phi) is 4.98. The second-order valence-electron chi connectivity index (χ2n) is 4.84. The molecule has 2 rings (SSSR count). The molecule has 0 atom stereocenters. The number of benzene rings is 1. The van der Waals surface area contributed by atoms with Gasteiger partial charge in [0, 0.05) is 38.3 Å². The molecule has 114 valence electrons. The van der Waals surface area contributed by atoms with Gasteiger partial charge >= 0.3 is 0 Å². The van der Waals surface area contributed by atoms with Gasteiger partial charge in [0.2, 0.25) is 0 Å². The summed E-state index contributed by atoms with van der Waals surface area (Å²) in [6.45, 7) is 2.95. The fraction of sp³-hybridized carbons (Fsp3) is 0.462. The monoisotopic (exact) mass is 313 g/mol. The first-order valence-corrected chi connectivity index (χ1v) is 6.88. The van der Waals surface area contributed by atoms with Crippen LogP contribution in [0.2, 0.25) is 5.02 Å². The van der Waals surface area contributed by atoms with Crippen LogP contribution in [0.25, 0.3) is 0 Å². The zero-order valence-electron chi connectivity index (χ0n) is 11.6. The maximum absolute atomic E-state index is 12.0. The lowest BCUT2D eigenvalue weighted by Gasteiger charge is -2.32. The summed E-state index contributed by atoms with van der Waals surface area (Å²) in [6, 6.07) is 4.04. The van der Waals surface area contributed by atoms with Gasteiger partial charge in [0.25, 0.3) is 11.6 Å². The Hall–Kier alpha value is -1.86. The number of ether oxygens (including phenoxy) is 1. The topological polar surface area (TPSA) is 75.9 Å². The molecular formula is C13H16ClN3O4. The highest BCUT2D eigenvalue weighted by Crippen LogP contribution is 2.28. The molecule has 1 aliphatic heterocycles. The predicted octanol–water partition coefficient (Wildman–Crippen LogP) is 1.40. The molecule has 21 heavy (non-hydrogen) atoms. The van der Waals surface area contributed by atoms with E-state index in [1.54, 1.807) is 4.90 Å². The van der Waals surface area contributed by atoms with Crippen molar-refractivity contribution in [2.45, 2.75) is 0 Å². The minimum absolute atomic E-state index is 0.00968. The van der Waals surface area contributed by atoms with Crippen molar-refractivity contribution in [1.82, 2.24) is 9.80 Å². The highest BCUT2D eigenvalue weighted by molar-refractivity contribution is 6.32. The molecule has 0 unspecified atom stereocenters. The molecule has 1 fully saturated rings. The molecule has 0 radical (unpaired) electrons. The quantitative estimate of drug-likeness (QED) is 0.620. The van der Waals surface area contributed by atoms with Gasteiger partial charge in [0.15, 0.2) is 6.61 Å². The maximum Gasteiger partial charge on any atom is 0.288 e. The van der Waals surface area contributed by atoms with Gasteiger partial charge in [-0.3, -0.25) is 14.9 Å². The number of carbonyl (C=O) groups excluding carboxylic acids is 1.